The van der Waals surface area contributed by atoms with Crippen molar-refractivity contribution >= 4 is 19.6 Å². The summed E-state index contributed by atoms with van der Waals surface area (Å²) in [5.74, 6) is -0.952. The number of hydroxylamine groups is 1. The van der Waals surface area contributed by atoms with Gasteiger partial charge in [0.25, 0.3) is 0 Å². The molecular formula is C17H18F2NO4PS. The summed E-state index contributed by atoms with van der Waals surface area (Å²) < 4.78 is 43.0. The molecule has 1 aliphatic carbocycles. The van der Waals surface area contributed by atoms with Gasteiger partial charge < -0.3 is 9.79 Å². The smallest absolute Gasteiger partial charge is 0.302 e. The maximum Gasteiger partial charge on any atom is 0.486 e. The lowest BCUT2D eigenvalue weighted by molar-refractivity contribution is 0.119. The summed E-state index contributed by atoms with van der Waals surface area (Å²) >= 11 is 1.29. The van der Waals surface area contributed by atoms with Gasteiger partial charge in [0.1, 0.15) is 11.6 Å². The van der Waals surface area contributed by atoms with Crippen LogP contribution in [0.25, 0.3) is 0 Å². The molecule has 0 saturated carbocycles. The van der Waals surface area contributed by atoms with E-state index in [1.54, 1.807) is 12.1 Å². The Labute approximate surface area is 154 Å². The molecule has 5 nitrogen and oxygen atoms in total. The molecule has 0 aliphatic heterocycles. The molecule has 0 bridgehead atoms. The van der Waals surface area contributed by atoms with Crippen molar-refractivity contribution in [2.75, 3.05) is 6.54 Å². The quantitative estimate of drug-likeness (QED) is 0.499. The summed E-state index contributed by atoms with van der Waals surface area (Å²) in [6, 6.07) is 9.43. The molecule has 1 atom stereocenters. The van der Waals surface area contributed by atoms with Crippen molar-refractivity contribution in [3.05, 3.63) is 59.2 Å². The summed E-state index contributed by atoms with van der Waals surface area (Å²) in [5, 5.41) is 0. The number of hydrogen-bond donors (Lipinski definition) is 3. The second-order valence-corrected chi connectivity index (χ2v) is 8.37. The zero-order chi connectivity index (χ0) is 18.7. The van der Waals surface area contributed by atoms with E-state index >= 15 is 0 Å². The zero-order valence-corrected chi connectivity index (χ0v) is 15.4. The minimum Gasteiger partial charge on any atom is -0.302 e. The lowest BCUT2D eigenvalue weighted by Gasteiger charge is -2.26. The third-order valence-electron chi connectivity index (χ3n) is 4.14. The van der Waals surface area contributed by atoms with E-state index in [1.165, 1.54) is 30.0 Å². The molecule has 9 heteroatoms. The van der Waals surface area contributed by atoms with Gasteiger partial charge in [-0.1, -0.05) is 17.8 Å². The minimum absolute atomic E-state index is 0.103. The lowest BCUT2D eigenvalue weighted by Crippen LogP contribution is -2.25. The highest BCUT2D eigenvalue weighted by atomic mass is 32.2. The molecule has 3 N–H and O–H groups in total. The van der Waals surface area contributed by atoms with Gasteiger partial charge in [-0.15, -0.1) is 0 Å². The summed E-state index contributed by atoms with van der Waals surface area (Å²) in [4.78, 5) is 18.8. The molecule has 3 rings (SSSR count). The summed E-state index contributed by atoms with van der Waals surface area (Å²) in [5.41, 5.74) is 3.65. The van der Waals surface area contributed by atoms with E-state index in [9.17, 15) is 13.3 Å². The third-order valence-corrected chi connectivity index (χ3v) is 5.47. The fourth-order valence-corrected chi connectivity index (χ4v) is 4.34. The van der Waals surface area contributed by atoms with Crippen LogP contribution in [0, 0.1) is 11.6 Å². The number of halogens is 2. The van der Waals surface area contributed by atoms with Crippen molar-refractivity contribution in [2.24, 2.45) is 0 Å². The van der Waals surface area contributed by atoms with Crippen molar-refractivity contribution in [1.29, 1.82) is 0 Å². The first-order chi connectivity index (χ1) is 12.3. The SMILES string of the molecule is O=P(O)(O)ONC[C@@H]1CCCc2cc(Sc3cccc(F)c3)cc(F)c21. The molecule has 0 amide bonds. The van der Waals surface area contributed by atoms with Crippen molar-refractivity contribution in [3.8, 4) is 0 Å². The van der Waals surface area contributed by atoms with Crippen LogP contribution in [0.3, 0.4) is 0 Å². The van der Waals surface area contributed by atoms with Gasteiger partial charge in [0, 0.05) is 22.3 Å². The van der Waals surface area contributed by atoms with Crippen LogP contribution in [-0.2, 0) is 15.6 Å². The topological polar surface area (TPSA) is 78.8 Å². The van der Waals surface area contributed by atoms with Crippen LogP contribution in [0.5, 0.6) is 0 Å². The Morgan fingerprint density at radius 1 is 1.23 bits per heavy atom. The Balaban J connectivity index is 1.78. The van der Waals surface area contributed by atoms with Gasteiger partial charge in [-0.05, 0) is 60.7 Å². The van der Waals surface area contributed by atoms with Crippen LogP contribution < -0.4 is 5.48 Å². The second-order valence-electron chi connectivity index (χ2n) is 6.06. The molecule has 0 radical (unpaired) electrons. The Kier molecular flexibility index (Phi) is 6.12. The molecule has 0 aromatic heterocycles. The zero-order valence-electron chi connectivity index (χ0n) is 13.7. The first-order valence-electron chi connectivity index (χ1n) is 8.04. The second kappa shape index (κ2) is 8.17. The molecule has 0 fully saturated rings. The van der Waals surface area contributed by atoms with Crippen LogP contribution in [0.2, 0.25) is 0 Å². The Morgan fingerprint density at radius 2 is 2.04 bits per heavy atom. The van der Waals surface area contributed by atoms with E-state index in [-0.39, 0.29) is 24.1 Å². The van der Waals surface area contributed by atoms with Crippen LogP contribution >= 0.6 is 19.6 Å². The number of rotatable bonds is 6. The van der Waals surface area contributed by atoms with Crippen molar-refractivity contribution < 1.29 is 27.8 Å². The van der Waals surface area contributed by atoms with Gasteiger partial charge in [0.2, 0.25) is 0 Å². The van der Waals surface area contributed by atoms with E-state index < -0.39 is 7.82 Å². The number of phosphoric acid groups is 1. The van der Waals surface area contributed by atoms with Gasteiger partial charge in [0.05, 0.1) is 0 Å². The molecule has 26 heavy (non-hydrogen) atoms. The summed E-state index contributed by atoms with van der Waals surface area (Å²) in [6.07, 6.45) is 2.25. The number of nitrogens with one attached hydrogen (secondary N) is 1. The Bertz CT molecular complexity index is 846. The number of hydrogen-bond acceptors (Lipinski definition) is 4. The average Bonchev–Trinajstić information content (AvgIpc) is 2.53. The Hall–Kier alpha value is -1.28. The van der Waals surface area contributed by atoms with Crippen LogP contribution in [-0.4, -0.2) is 16.3 Å². The maximum absolute atomic E-state index is 14.7. The monoisotopic (exact) mass is 401 g/mol. The standard InChI is InChI=1S/C17H18F2NO4PS/c18-13-5-2-6-14(8-13)26-15-7-11-3-1-4-12(17(11)16(19)9-15)10-20-24-25(21,22)23/h2,5-9,12,20H,1,3-4,10H2,(H2,21,22,23)/t12-/m0/s1. The predicted molar refractivity (Wildman–Crippen MR) is 93.7 cm³/mol. The fourth-order valence-electron chi connectivity index (χ4n) is 3.15. The molecule has 2 aromatic rings. The van der Waals surface area contributed by atoms with E-state index in [0.29, 0.717) is 21.8 Å². The number of fused-ring (bicyclic) bond motifs is 1. The maximum atomic E-state index is 14.7. The highest BCUT2D eigenvalue weighted by Gasteiger charge is 2.25. The molecule has 2 aromatic carbocycles. The predicted octanol–water partition coefficient (Wildman–Crippen LogP) is 4.15. The number of benzene rings is 2. The van der Waals surface area contributed by atoms with Gasteiger partial charge in [-0.2, -0.15) is 10.1 Å². The summed E-state index contributed by atoms with van der Waals surface area (Å²) in [7, 11) is -4.62. The first-order valence-corrected chi connectivity index (χ1v) is 10.4. The van der Waals surface area contributed by atoms with E-state index in [1.807, 2.05) is 6.07 Å². The number of aryl methyl sites for hydroxylation is 1. The van der Waals surface area contributed by atoms with Gasteiger partial charge in [0.15, 0.2) is 0 Å². The molecular weight excluding hydrogens is 383 g/mol. The van der Waals surface area contributed by atoms with Gasteiger partial charge in [-0.25, -0.2) is 13.3 Å². The highest BCUT2D eigenvalue weighted by Crippen LogP contribution is 2.39. The van der Waals surface area contributed by atoms with E-state index in [2.05, 4.69) is 10.1 Å². The van der Waals surface area contributed by atoms with Crippen molar-refractivity contribution in [1.82, 2.24) is 5.48 Å². The fraction of sp³-hybridized carbons (Fsp3) is 0.294. The molecule has 140 valence electrons. The minimum atomic E-state index is -4.62. The normalized spacial score (nSPS) is 17.2. The average molecular weight is 401 g/mol. The highest BCUT2D eigenvalue weighted by molar-refractivity contribution is 7.99. The van der Waals surface area contributed by atoms with E-state index in [0.717, 1.165) is 18.4 Å². The molecule has 0 unspecified atom stereocenters. The van der Waals surface area contributed by atoms with Crippen molar-refractivity contribution in [2.45, 2.75) is 35.0 Å². The van der Waals surface area contributed by atoms with Crippen LogP contribution in [0.1, 0.15) is 29.9 Å². The van der Waals surface area contributed by atoms with Gasteiger partial charge in [-0.3, -0.25) is 0 Å². The van der Waals surface area contributed by atoms with E-state index in [4.69, 9.17) is 9.79 Å². The summed E-state index contributed by atoms with van der Waals surface area (Å²) in [6.45, 7) is 0.103. The van der Waals surface area contributed by atoms with Crippen molar-refractivity contribution in [3.63, 3.8) is 0 Å². The largest absolute Gasteiger partial charge is 0.486 e. The Morgan fingerprint density at radius 3 is 2.77 bits per heavy atom. The lowest BCUT2D eigenvalue weighted by atomic mass is 9.82. The molecule has 0 heterocycles. The third kappa shape index (κ3) is 5.13. The molecule has 1 aliphatic rings. The van der Waals surface area contributed by atoms with Crippen LogP contribution in [0.15, 0.2) is 46.2 Å². The molecule has 0 saturated heterocycles. The molecule has 0 spiro atoms. The van der Waals surface area contributed by atoms with Gasteiger partial charge >= 0.3 is 7.82 Å². The first kappa shape index (κ1) is 19.5. The van der Waals surface area contributed by atoms with Crippen LogP contribution in [0.4, 0.5) is 8.78 Å².